The Balaban J connectivity index is 1.41. The van der Waals surface area contributed by atoms with Gasteiger partial charge < -0.3 is 19.9 Å². The van der Waals surface area contributed by atoms with Gasteiger partial charge in [0.1, 0.15) is 0 Å². The lowest BCUT2D eigenvalue weighted by Gasteiger charge is -2.38. The summed E-state index contributed by atoms with van der Waals surface area (Å²) >= 11 is 0. The number of H-pyrrole nitrogens is 1. The molecule has 5 heteroatoms. The van der Waals surface area contributed by atoms with E-state index in [2.05, 4.69) is 41.2 Å². The lowest BCUT2D eigenvalue weighted by Crippen LogP contribution is -2.47. The van der Waals surface area contributed by atoms with Crippen molar-refractivity contribution < 1.29 is 9.53 Å². The number of nitrogens with zero attached hydrogens (tertiary/aromatic N) is 1. The van der Waals surface area contributed by atoms with Crippen molar-refractivity contribution in [2.45, 2.75) is 32.4 Å². The van der Waals surface area contributed by atoms with Gasteiger partial charge in [-0.05, 0) is 49.7 Å². The zero-order valence-corrected chi connectivity index (χ0v) is 15.7. The molecule has 0 spiro atoms. The third-order valence-corrected chi connectivity index (χ3v) is 5.12. The largest absolute Gasteiger partial charge is 0.375 e. The van der Waals surface area contributed by atoms with Crippen molar-refractivity contribution in [2.24, 2.45) is 0 Å². The first-order valence-electron chi connectivity index (χ1n) is 9.43. The van der Waals surface area contributed by atoms with Crippen molar-refractivity contribution in [3.63, 3.8) is 0 Å². The minimum Gasteiger partial charge on any atom is -0.375 e. The van der Waals surface area contributed by atoms with Gasteiger partial charge in [-0.3, -0.25) is 4.79 Å². The van der Waals surface area contributed by atoms with Gasteiger partial charge in [0.05, 0.1) is 19.1 Å². The van der Waals surface area contributed by atoms with E-state index < -0.39 is 0 Å². The summed E-state index contributed by atoms with van der Waals surface area (Å²) in [7, 11) is 0. The molecule has 3 aromatic rings. The van der Waals surface area contributed by atoms with E-state index in [-0.39, 0.29) is 12.0 Å². The first-order chi connectivity index (χ1) is 13.1. The number of para-hydroxylation sites is 1. The molecule has 0 saturated carbocycles. The molecule has 2 N–H and O–H groups in total. The fourth-order valence-corrected chi connectivity index (χ4v) is 3.66. The number of fused-ring (bicyclic) bond motifs is 1. The Morgan fingerprint density at radius 3 is 2.78 bits per heavy atom. The number of rotatable bonds is 4. The van der Waals surface area contributed by atoms with Gasteiger partial charge >= 0.3 is 0 Å². The van der Waals surface area contributed by atoms with Crippen molar-refractivity contribution in [3.8, 4) is 0 Å². The van der Waals surface area contributed by atoms with Crippen LogP contribution in [-0.4, -0.2) is 36.2 Å². The van der Waals surface area contributed by atoms with Gasteiger partial charge in [0.2, 0.25) is 5.91 Å². The number of nitrogens with one attached hydrogen (secondary N) is 2. The van der Waals surface area contributed by atoms with E-state index in [1.807, 2.05) is 42.6 Å². The summed E-state index contributed by atoms with van der Waals surface area (Å²) in [4.78, 5) is 18.0. The zero-order valence-electron chi connectivity index (χ0n) is 15.7. The molecule has 1 aliphatic rings. The van der Waals surface area contributed by atoms with Gasteiger partial charge in [0.25, 0.3) is 0 Å². The van der Waals surface area contributed by atoms with E-state index in [0.29, 0.717) is 12.5 Å². The number of aromatic nitrogens is 1. The molecule has 2 aromatic carbocycles. The van der Waals surface area contributed by atoms with E-state index >= 15 is 0 Å². The number of hydrogen-bond donors (Lipinski definition) is 2. The van der Waals surface area contributed by atoms with Crippen molar-refractivity contribution in [2.75, 3.05) is 23.4 Å². The van der Waals surface area contributed by atoms with E-state index in [4.69, 9.17) is 4.74 Å². The number of carbonyl (C=O) groups excluding carboxylic acids is 1. The number of benzene rings is 2. The number of aromatic amines is 1. The standard InChI is InChI=1S/C22H25N3O2/c1-15-14-27-16(2)13-25(15)19-9-7-18(8-10-19)24-22(26)11-17-12-23-21-6-4-3-5-20(17)21/h3-10,12,15-16,23H,11,13-14H2,1-2H3,(H,24,26). The second kappa shape index (κ2) is 7.45. The Kier molecular flexibility index (Phi) is 4.86. The van der Waals surface area contributed by atoms with Gasteiger partial charge in [-0.2, -0.15) is 0 Å². The van der Waals surface area contributed by atoms with Crippen LogP contribution in [0.2, 0.25) is 0 Å². The minimum atomic E-state index is -0.0131. The number of amides is 1. The van der Waals surface area contributed by atoms with Crippen LogP contribution in [0, 0.1) is 0 Å². The predicted octanol–water partition coefficient (Wildman–Crippen LogP) is 3.96. The van der Waals surface area contributed by atoms with Crippen LogP contribution in [0.5, 0.6) is 0 Å². The molecule has 1 saturated heterocycles. The van der Waals surface area contributed by atoms with Gasteiger partial charge in [-0.1, -0.05) is 18.2 Å². The monoisotopic (exact) mass is 363 g/mol. The lowest BCUT2D eigenvalue weighted by atomic mass is 10.1. The molecule has 1 amide bonds. The maximum Gasteiger partial charge on any atom is 0.228 e. The van der Waals surface area contributed by atoms with Crippen LogP contribution in [0.3, 0.4) is 0 Å². The SMILES string of the molecule is CC1CN(c2ccc(NC(=O)Cc3c[nH]c4ccccc34)cc2)C(C)CO1. The summed E-state index contributed by atoms with van der Waals surface area (Å²) in [5, 5.41) is 4.09. The molecular formula is C22H25N3O2. The molecule has 4 rings (SSSR count). The molecule has 1 aliphatic heterocycles. The highest BCUT2D eigenvalue weighted by Crippen LogP contribution is 2.24. The molecular weight excluding hydrogens is 338 g/mol. The highest BCUT2D eigenvalue weighted by atomic mass is 16.5. The van der Waals surface area contributed by atoms with Gasteiger partial charge in [-0.25, -0.2) is 0 Å². The second-order valence-electron chi connectivity index (χ2n) is 7.28. The third kappa shape index (κ3) is 3.83. The average molecular weight is 363 g/mol. The molecule has 1 aromatic heterocycles. The van der Waals surface area contributed by atoms with Gasteiger partial charge in [-0.15, -0.1) is 0 Å². The molecule has 5 nitrogen and oxygen atoms in total. The van der Waals surface area contributed by atoms with Crippen LogP contribution in [-0.2, 0) is 16.0 Å². The summed E-state index contributed by atoms with van der Waals surface area (Å²) in [6.07, 6.45) is 2.50. The minimum absolute atomic E-state index is 0.0131. The summed E-state index contributed by atoms with van der Waals surface area (Å²) in [6, 6.07) is 16.4. The number of carbonyl (C=O) groups is 1. The summed E-state index contributed by atoms with van der Waals surface area (Å²) < 4.78 is 5.70. The number of ether oxygens (including phenoxy) is 1. The molecule has 0 bridgehead atoms. The fourth-order valence-electron chi connectivity index (χ4n) is 3.66. The topological polar surface area (TPSA) is 57.4 Å². The highest BCUT2D eigenvalue weighted by molar-refractivity contribution is 5.95. The van der Waals surface area contributed by atoms with Crippen molar-refractivity contribution in [1.82, 2.24) is 4.98 Å². The number of morpholine rings is 1. The average Bonchev–Trinajstić information content (AvgIpc) is 3.07. The molecule has 1 fully saturated rings. The molecule has 0 radical (unpaired) electrons. The Labute approximate surface area is 159 Å². The molecule has 2 heterocycles. The molecule has 2 atom stereocenters. The quantitative estimate of drug-likeness (QED) is 0.738. The molecule has 140 valence electrons. The van der Waals surface area contributed by atoms with Crippen LogP contribution in [0.15, 0.2) is 54.7 Å². The summed E-state index contributed by atoms with van der Waals surface area (Å²) in [6.45, 7) is 5.89. The zero-order chi connectivity index (χ0) is 18.8. The molecule has 0 aliphatic carbocycles. The fraction of sp³-hybridized carbons (Fsp3) is 0.318. The van der Waals surface area contributed by atoms with E-state index in [0.717, 1.165) is 41.0 Å². The van der Waals surface area contributed by atoms with E-state index in [9.17, 15) is 4.79 Å². The van der Waals surface area contributed by atoms with Gasteiger partial charge in [0.15, 0.2) is 0 Å². The third-order valence-electron chi connectivity index (χ3n) is 5.12. The summed E-state index contributed by atoms with van der Waals surface area (Å²) in [5.74, 6) is -0.0131. The van der Waals surface area contributed by atoms with Crippen molar-refractivity contribution >= 4 is 28.2 Å². The molecule has 2 unspecified atom stereocenters. The Hall–Kier alpha value is -2.79. The maximum atomic E-state index is 12.5. The normalized spacial score (nSPS) is 20.0. The lowest BCUT2D eigenvalue weighted by molar-refractivity contribution is -0.115. The predicted molar refractivity (Wildman–Crippen MR) is 109 cm³/mol. The van der Waals surface area contributed by atoms with Gasteiger partial charge in [0, 0.05) is 41.1 Å². The van der Waals surface area contributed by atoms with Crippen molar-refractivity contribution in [3.05, 3.63) is 60.3 Å². The van der Waals surface area contributed by atoms with E-state index in [1.54, 1.807) is 0 Å². The first kappa shape index (κ1) is 17.6. The summed E-state index contributed by atoms with van der Waals surface area (Å²) in [5.41, 5.74) is 4.04. The van der Waals surface area contributed by atoms with Crippen LogP contribution >= 0.6 is 0 Å². The Morgan fingerprint density at radius 2 is 1.96 bits per heavy atom. The van der Waals surface area contributed by atoms with Crippen LogP contribution in [0.4, 0.5) is 11.4 Å². The number of hydrogen-bond acceptors (Lipinski definition) is 3. The highest BCUT2D eigenvalue weighted by Gasteiger charge is 2.23. The Bertz CT molecular complexity index is 932. The number of anilines is 2. The van der Waals surface area contributed by atoms with Crippen LogP contribution in [0.25, 0.3) is 10.9 Å². The van der Waals surface area contributed by atoms with Crippen LogP contribution in [0.1, 0.15) is 19.4 Å². The first-order valence-corrected chi connectivity index (χ1v) is 9.43. The smallest absolute Gasteiger partial charge is 0.228 e. The second-order valence-corrected chi connectivity index (χ2v) is 7.28. The van der Waals surface area contributed by atoms with E-state index in [1.165, 1.54) is 0 Å². The van der Waals surface area contributed by atoms with Crippen LogP contribution < -0.4 is 10.2 Å². The maximum absolute atomic E-state index is 12.5. The van der Waals surface area contributed by atoms with Crippen molar-refractivity contribution in [1.29, 1.82) is 0 Å². The Morgan fingerprint density at radius 1 is 1.19 bits per heavy atom. The molecule has 27 heavy (non-hydrogen) atoms.